The quantitative estimate of drug-likeness (QED) is 0.457. The summed E-state index contributed by atoms with van der Waals surface area (Å²) in [4.78, 5) is 23.7. The second-order valence-electron chi connectivity index (χ2n) is 7.82. The largest absolute Gasteiger partial charge is 0.370 e. The Morgan fingerprint density at radius 1 is 1.35 bits per heavy atom. The lowest BCUT2D eigenvalue weighted by atomic mass is 9.94. The Bertz CT molecular complexity index is 858. The molecule has 2 N–H and O–H groups in total. The van der Waals surface area contributed by atoms with Crippen LogP contribution in [-0.4, -0.2) is 26.7 Å². The van der Waals surface area contributed by atoms with Crippen LogP contribution in [0.25, 0.3) is 10.2 Å². The van der Waals surface area contributed by atoms with Gasteiger partial charge in [-0.05, 0) is 32.3 Å². The molecule has 0 unspecified atom stereocenters. The maximum atomic E-state index is 12.1. The second kappa shape index (κ2) is 6.65. The number of nitrogens with one attached hydrogen (secondary N) is 2. The molecule has 3 heterocycles. The van der Waals surface area contributed by atoms with Gasteiger partial charge in [0.1, 0.15) is 4.83 Å². The summed E-state index contributed by atoms with van der Waals surface area (Å²) >= 11 is 3.29. The molecule has 1 aliphatic heterocycles. The van der Waals surface area contributed by atoms with E-state index in [2.05, 4.69) is 38.5 Å². The van der Waals surface area contributed by atoms with Crippen LogP contribution in [0.5, 0.6) is 0 Å². The van der Waals surface area contributed by atoms with Gasteiger partial charge < -0.3 is 4.74 Å². The first-order valence-corrected chi connectivity index (χ1v) is 10.7. The van der Waals surface area contributed by atoms with Gasteiger partial charge in [0.25, 0.3) is 0 Å². The van der Waals surface area contributed by atoms with Gasteiger partial charge in [-0.15, -0.1) is 11.3 Å². The number of rotatable bonds is 5. The summed E-state index contributed by atoms with van der Waals surface area (Å²) in [6.07, 6.45) is 2.76. The van der Waals surface area contributed by atoms with E-state index in [0.29, 0.717) is 17.7 Å². The first-order valence-electron chi connectivity index (χ1n) is 9.01. The number of anilines is 1. The summed E-state index contributed by atoms with van der Waals surface area (Å²) in [5.74, 6) is 0.887. The number of fused-ring (bicyclic) bond motifs is 3. The van der Waals surface area contributed by atoms with Gasteiger partial charge in [-0.1, -0.05) is 25.6 Å². The average molecular weight is 393 g/mol. The zero-order valence-electron chi connectivity index (χ0n) is 15.5. The smallest absolute Gasteiger partial charge is 0.241 e. The van der Waals surface area contributed by atoms with Crippen molar-refractivity contribution in [2.45, 2.75) is 69.6 Å². The number of thioether (sulfide) groups is 1. The number of thiophene rings is 1. The molecule has 140 valence electrons. The molecule has 2 aromatic heterocycles. The summed E-state index contributed by atoms with van der Waals surface area (Å²) in [6, 6.07) is 0. The lowest BCUT2D eigenvalue weighted by Crippen LogP contribution is -2.32. The molecule has 6 nitrogen and oxygen atoms in total. The van der Waals surface area contributed by atoms with Crippen molar-refractivity contribution in [3.8, 4) is 0 Å². The predicted octanol–water partition coefficient (Wildman–Crippen LogP) is 3.90. The van der Waals surface area contributed by atoms with Crippen LogP contribution in [0.1, 0.15) is 51.0 Å². The number of carbonyl (C=O) groups is 1. The number of hydrazine groups is 1. The van der Waals surface area contributed by atoms with Crippen LogP contribution in [0.3, 0.4) is 0 Å². The molecule has 0 spiro atoms. The van der Waals surface area contributed by atoms with E-state index in [1.165, 1.54) is 10.4 Å². The molecule has 1 fully saturated rings. The van der Waals surface area contributed by atoms with Crippen molar-refractivity contribution in [2.24, 2.45) is 5.92 Å². The molecule has 0 saturated heterocycles. The monoisotopic (exact) mass is 392 g/mol. The number of carbonyl (C=O) groups excluding carboxylic acids is 1. The highest BCUT2D eigenvalue weighted by molar-refractivity contribution is 7.99. The maximum absolute atomic E-state index is 12.1. The highest BCUT2D eigenvalue weighted by Crippen LogP contribution is 2.41. The Kier molecular flexibility index (Phi) is 4.61. The van der Waals surface area contributed by atoms with Crippen molar-refractivity contribution >= 4 is 45.0 Å². The maximum Gasteiger partial charge on any atom is 0.241 e. The fraction of sp³-hybridized carbons (Fsp3) is 0.611. The average Bonchev–Trinajstić information content (AvgIpc) is 3.33. The van der Waals surface area contributed by atoms with Gasteiger partial charge in [-0.3, -0.25) is 15.6 Å². The van der Waals surface area contributed by atoms with Gasteiger partial charge in [0.15, 0.2) is 11.0 Å². The molecule has 4 rings (SSSR count). The zero-order chi connectivity index (χ0) is 18.5. The van der Waals surface area contributed by atoms with Crippen molar-refractivity contribution in [1.29, 1.82) is 0 Å². The van der Waals surface area contributed by atoms with E-state index in [1.807, 2.05) is 0 Å². The fourth-order valence-electron chi connectivity index (χ4n) is 3.05. The van der Waals surface area contributed by atoms with Crippen molar-refractivity contribution in [2.75, 3.05) is 5.43 Å². The molecule has 0 aromatic carbocycles. The predicted molar refractivity (Wildman–Crippen MR) is 105 cm³/mol. The number of ether oxygens (including phenoxy) is 1. The van der Waals surface area contributed by atoms with Crippen LogP contribution >= 0.6 is 23.1 Å². The third kappa shape index (κ3) is 3.68. The number of hydrogen-bond donors (Lipinski definition) is 2. The summed E-state index contributed by atoms with van der Waals surface area (Å²) in [5.41, 5.74) is 6.96. The van der Waals surface area contributed by atoms with Gasteiger partial charge in [-0.25, -0.2) is 9.97 Å². The van der Waals surface area contributed by atoms with Crippen LogP contribution in [0.15, 0.2) is 5.16 Å². The minimum absolute atomic E-state index is 0.0441. The van der Waals surface area contributed by atoms with Crippen molar-refractivity contribution in [3.05, 3.63) is 10.4 Å². The molecular formula is C18H24N4O2S2. The van der Waals surface area contributed by atoms with Crippen LogP contribution in [-0.2, 0) is 22.6 Å². The Morgan fingerprint density at radius 2 is 2.12 bits per heavy atom. The van der Waals surface area contributed by atoms with Gasteiger partial charge in [0, 0.05) is 22.5 Å². The van der Waals surface area contributed by atoms with E-state index in [1.54, 1.807) is 23.1 Å². The van der Waals surface area contributed by atoms with Crippen molar-refractivity contribution < 1.29 is 9.53 Å². The molecule has 2 aromatic rings. The van der Waals surface area contributed by atoms with Crippen LogP contribution in [0.2, 0.25) is 0 Å². The summed E-state index contributed by atoms with van der Waals surface area (Å²) in [5, 5.41) is 2.14. The lowest BCUT2D eigenvalue weighted by molar-refractivity contribution is -0.121. The number of hydrogen-bond acceptors (Lipinski definition) is 7. The number of amides is 1. The van der Waals surface area contributed by atoms with Crippen LogP contribution in [0, 0.1) is 5.92 Å². The molecular weight excluding hydrogens is 368 g/mol. The van der Waals surface area contributed by atoms with E-state index < -0.39 is 0 Å². The standard InChI is InChI=1S/C18H24N4O2S2/c1-9(2)25-17-19-14(21-22-15(23)10-5-6-10)13-11-7-18(3,4)24-8-12(11)26-16(13)20-17/h9-10H,5-8H2,1-4H3,(H,22,23)(H,19,20,21). The number of nitrogens with zero attached hydrogens (tertiary/aromatic N) is 2. The summed E-state index contributed by atoms with van der Waals surface area (Å²) < 4.78 is 5.96. The summed E-state index contributed by atoms with van der Waals surface area (Å²) in [6.45, 7) is 9.05. The van der Waals surface area contributed by atoms with Crippen LogP contribution in [0.4, 0.5) is 5.82 Å². The first-order chi connectivity index (χ1) is 12.3. The molecule has 26 heavy (non-hydrogen) atoms. The van der Waals surface area contributed by atoms with Gasteiger partial charge in [-0.2, -0.15) is 0 Å². The second-order valence-corrected chi connectivity index (χ2v) is 10.4. The van der Waals surface area contributed by atoms with Crippen LogP contribution < -0.4 is 10.9 Å². The van der Waals surface area contributed by atoms with Gasteiger partial charge >= 0.3 is 0 Å². The van der Waals surface area contributed by atoms with Crippen molar-refractivity contribution in [1.82, 2.24) is 15.4 Å². The Labute approximate surface area is 161 Å². The van der Waals surface area contributed by atoms with E-state index in [-0.39, 0.29) is 17.4 Å². The third-order valence-electron chi connectivity index (χ3n) is 4.50. The third-order valence-corrected chi connectivity index (χ3v) is 6.47. The summed E-state index contributed by atoms with van der Waals surface area (Å²) in [7, 11) is 0. The number of aromatic nitrogens is 2. The van der Waals surface area contributed by atoms with Gasteiger partial charge in [0.05, 0.1) is 17.6 Å². The SMILES string of the molecule is CC(C)Sc1nc(NNC(=O)C2CC2)c2c3c(sc2n1)COC(C)(C)C3. The van der Waals surface area contributed by atoms with Gasteiger partial charge in [0.2, 0.25) is 5.91 Å². The van der Waals surface area contributed by atoms with E-state index >= 15 is 0 Å². The molecule has 8 heteroatoms. The minimum Gasteiger partial charge on any atom is -0.370 e. The first kappa shape index (κ1) is 18.0. The molecule has 2 aliphatic rings. The molecule has 1 amide bonds. The topological polar surface area (TPSA) is 76.1 Å². The lowest BCUT2D eigenvalue weighted by Gasteiger charge is -2.30. The molecule has 1 aliphatic carbocycles. The highest BCUT2D eigenvalue weighted by Gasteiger charge is 2.32. The van der Waals surface area contributed by atoms with Crippen molar-refractivity contribution in [3.63, 3.8) is 0 Å². The zero-order valence-corrected chi connectivity index (χ0v) is 17.1. The Balaban J connectivity index is 1.74. The highest BCUT2D eigenvalue weighted by atomic mass is 32.2. The fourth-order valence-corrected chi connectivity index (χ4v) is 4.92. The Morgan fingerprint density at radius 3 is 2.81 bits per heavy atom. The van der Waals surface area contributed by atoms with E-state index in [9.17, 15) is 4.79 Å². The molecule has 1 saturated carbocycles. The van der Waals surface area contributed by atoms with E-state index in [0.717, 1.165) is 34.6 Å². The molecule has 0 bridgehead atoms. The van der Waals surface area contributed by atoms with E-state index in [4.69, 9.17) is 14.7 Å². The molecule has 0 radical (unpaired) electrons. The normalized spacial score (nSPS) is 18.8. The minimum atomic E-state index is -0.207. The molecule has 0 atom stereocenters. The Hall–Kier alpha value is -1.38.